The summed E-state index contributed by atoms with van der Waals surface area (Å²) in [5, 5.41) is 3.23. The van der Waals surface area contributed by atoms with Gasteiger partial charge >= 0.3 is 0 Å². The van der Waals surface area contributed by atoms with E-state index in [0.29, 0.717) is 0 Å². The van der Waals surface area contributed by atoms with E-state index >= 15 is 0 Å². The fourth-order valence-corrected chi connectivity index (χ4v) is 0.984. The lowest BCUT2D eigenvalue weighted by Gasteiger charge is -2.11. The van der Waals surface area contributed by atoms with Gasteiger partial charge in [-0.1, -0.05) is 0 Å². The Morgan fingerprint density at radius 3 is 3.00 bits per heavy atom. The number of nitrogens with one attached hydrogen (secondary N) is 1. The van der Waals surface area contributed by atoms with Crippen LogP contribution in [0.5, 0.6) is 0 Å². The smallest absolute Gasteiger partial charge is 0.238 e. The van der Waals surface area contributed by atoms with Gasteiger partial charge in [0.1, 0.15) is 0 Å². The zero-order valence-electron chi connectivity index (χ0n) is 4.54. The quantitative estimate of drug-likeness (QED) is 0.550. The minimum Gasteiger partial charge on any atom is -0.470 e. The summed E-state index contributed by atoms with van der Waals surface area (Å²) < 4.78 is 5.86. The van der Waals surface area contributed by atoms with Crippen LogP contribution in [0.3, 0.4) is 0 Å². The van der Waals surface area contributed by atoms with Crippen molar-refractivity contribution < 1.29 is 4.74 Å². The second kappa shape index (κ2) is 2.95. The molecule has 0 radical (unpaired) electrons. The molecule has 0 aliphatic carbocycles. The van der Waals surface area contributed by atoms with Gasteiger partial charge in [-0.3, -0.25) is 0 Å². The summed E-state index contributed by atoms with van der Waals surface area (Å²) >= 11 is 2.09. The van der Waals surface area contributed by atoms with Crippen LogP contribution < -0.4 is 0 Å². The molecule has 1 unspecified atom stereocenters. The van der Waals surface area contributed by atoms with Gasteiger partial charge in [0.05, 0.1) is 9.84 Å². The van der Waals surface area contributed by atoms with E-state index in [0.717, 1.165) is 3.58 Å². The van der Waals surface area contributed by atoms with Crippen molar-refractivity contribution in [1.29, 1.82) is 5.53 Å². The van der Waals surface area contributed by atoms with Crippen molar-refractivity contribution >= 4 is 22.6 Å². The van der Waals surface area contributed by atoms with E-state index in [2.05, 4.69) is 27.7 Å². The van der Waals surface area contributed by atoms with Gasteiger partial charge in [0.25, 0.3) is 0 Å². The van der Waals surface area contributed by atoms with E-state index in [1.54, 1.807) is 6.08 Å². The van der Waals surface area contributed by atoms with Crippen molar-refractivity contribution in [3.63, 3.8) is 0 Å². The van der Waals surface area contributed by atoms with Crippen LogP contribution in [-0.2, 0) is 4.74 Å². The SMILES string of the molecule is N=NC1OC=CC=C1I. The summed E-state index contributed by atoms with van der Waals surface area (Å²) in [6.45, 7) is 0. The molecule has 1 aliphatic heterocycles. The molecule has 9 heavy (non-hydrogen) atoms. The summed E-state index contributed by atoms with van der Waals surface area (Å²) in [4.78, 5) is 0. The van der Waals surface area contributed by atoms with Crippen LogP contribution in [0.15, 0.2) is 27.1 Å². The molecular weight excluding hydrogens is 231 g/mol. The Balaban J connectivity index is 2.69. The molecule has 0 spiro atoms. The zero-order chi connectivity index (χ0) is 6.69. The van der Waals surface area contributed by atoms with Crippen LogP contribution >= 0.6 is 22.6 Å². The molecule has 1 aliphatic rings. The highest BCUT2D eigenvalue weighted by atomic mass is 127. The van der Waals surface area contributed by atoms with Crippen molar-refractivity contribution in [2.45, 2.75) is 6.23 Å². The van der Waals surface area contributed by atoms with Gasteiger partial charge < -0.3 is 4.74 Å². The van der Waals surface area contributed by atoms with Crippen LogP contribution in [0, 0.1) is 5.53 Å². The second-order valence-corrected chi connectivity index (χ2v) is 2.74. The highest BCUT2D eigenvalue weighted by Crippen LogP contribution is 2.19. The molecule has 1 atom stereocenters. The molecule has 4 heteroatoms. The molecule has 1 rings (SSSR count). The van der Waals surface area contributed by atoms with Gasteiger partial charge in [0, 0.05) is 0 Å². The first-order chi connectivity index (χ1) is 4.34. The molecule has 48 valence electrons. The minimum absolute atomic E-state index is 0.393. The normalized spacial score (nSPS) is 24.6. The third-order valence-electron chi connectivity index (χ3n) is 0.895. The van der Waals surface area contributed by atoms with E-state index < -0.39 is 6.23 Å². The molecule has 0 aromatic rings. The molecule has 0 saturated heterocycles. The maximum Gasteiger partial charge on any atom is 0.238 e. The predicted molar refractivity (Wildman–Crippen MR) is 41.3 cm³/mol. The molecule has 0 aromatic carbocycles. The van der Waals surface area contributed by atoms with Gasteiger partial charge in [-0.15, -0.1) is 5.11 Å². The van der Waals surface area contributed by atoms with E-state index in [1.165, 1.54) is 6.26 Å². The highest BCUT2D eigenvalue weighted by molar-refractivity contribution is 14.1. The maximum absolute atomic E-state index is 6.65. The van der Waals surface area contributed by atoms with Gasteiger partial charge in [-0.2, -0.15) is 0 Å². The Hall–Kier alpha value is -0.390. The lowest BCUT2D eigenvalue weighted by Crippen LogP contribution is -2.06. The van der Waals surface area contributed by atoms with Gasteiger partial charge in [-0.25, -0.2) is 5.53 Å². The van der Waals surface area contributed by atoms with E-state index in [-0.39, 0.29) is 0 Å². The molecule has 0 aromatic heterocycles. The first kappa shape index (κ1) is 6.73. The molecule has 0 saturated carbocycles. The number of allylic oxidation sites excluding steroid dienone is 2. The topological polar surface area (TPSA) is 45.4 Å². The van der Waals surface area contributed by atoms with Crippen molar-refractivity contribution in [3.05, 3.63) is 22.0 Å². The summed E-state index contributed by atoms with van der Waals surface area (Å²) in [6, 6.07) is 0. The Morgan fingerprint density at radius 2 is 2.56 bits per heavy atom. The average Bonchev–Trinajstić information content (AvgIpc) is 1.89. The zero-order valence-corrected chi connectivity index (χ0v) is 6.70. The van der Waals surface area contributed by atoms with Crippen LogP contribution in [-0.4, -0.2) is 6.23 Å². The standard InChI is InChI=1S/C5H5IN2O/c6-4-2-1-3-9-5(4)8-7/h1-3,5,7H. The molecule has 0 amide bonds. The molecular formula is C5H5IN2O. The van der Waals surface area contributed by atoms with Crippen LogP contribution in [0.25, 0.3) is 0 Å². The van der Waals surface area contributed by atoms with Crippen LogP contribution in [0.1, 0.15) is 0 Å². The Labute approximate surface area is 66.4 Å². The number of rotatable bonds is 1. The summed E-state index contributed by atoms with van der Waals surface area (Å²) in [5.41, 5.74) is 6.65. The fraction of sp³-hybridized carbons (Fsp3) is 0.200. The molecule has 1 heterocycles. The number of ether oxygens (including phenoxy) is 1. The Bertz CT molecular complexity index is 176. The van der Waals surface area contributed by atoms with Crippen molar-refractivity contribution in [3.8, 4) is 0 Å². The monoisotopic (exact) mass is 236 g/mol. The lowest BCUT2D eigenvalue weighted by molar-refractivity contribution is 0.180. The maximum atomic E-state index is 6.65. The van der Waals surface area contributed by atoms with Gasteiger partial charge in [-0.05, 0) is 34.7 Å². The average molecular weight is 236 g/mol. The number of hydrogen-bond donors (Lipinski definition) is 1. The Morgan fingerprint density at radius 1 is 1.78 bits per heavy atom. The summed E-state index contributed by atoms with van der Waals surface area (Å²) in [7, 11) is 0. The summed E-state index contributed by atoms with van der Waals surface area (Å²) in [6.07, 6.45) is 4.79. The lowest BCUT2D eigenvalue weighted by atomic mass is 10.4. The number of halogens is 1. The van der Waals surface area contributed by atoms with Gasteiger partial charge in [0.15, 0.2) is 0 Å². The van der Waals surface area contributed by atoms with Crippen LogP contribution in [0.4, 0.5) is 0 Å². The van der Waals surface area contributed by atoms with E-state index in [4.69, 9.17) is 10.3 Å². The first-order valence-corrected chi connectivity index (χ1v) is 3.46. The molecule has 0 bridgehead atoms. The van der Waals surface area contributed by atoms with Crippen molar-refractivity contribution in [1.82, 2.24) is 0 Å². The summed E-state index contributed by atoms with van der Waals surface area (Å²) in [5.74, 6) is 0. The first-order valence-electron chi connectivity index (χ1n) is 2.39. The fourth-order valence-electron chi connectivity index (χ4n) is 0.490. The third-order valence-corrected chi connectivity index (χ3v) is 1.79. The highest BCUT2D eigenvalue weighted by Gasteiger charge is 2.10. The van der Waals surface area contributed by atoms with Crippen molar-refractivity contribution in [2.75, 3.05) is 0 Å². The minimum atomic E-state index is -0.393. The largest absolute Gasteiger partial charge is 0.470 e. The van der Waals surface area contributed by atoms with E-state index in [9.17, 15) is 0 Å². The third kappa shape index (κ3) is 1.51. The Kier molecular flexibility index (Phi) is 2.21. The van der Waals surface area contributed by atoms with Crippen LogP contribution in [0.2, 0.25) is 0 Å². The number of nitrogens with zero attached hydrogens (tertiary/aromatic N) is 1. The van der Waals surface area contributed by atoms with Crippen molar-refractivity contribution in [2.24, 2.45) is 5.11 Å². The number of hydrogen-bond acceptors (Lipinski definition) is 3. The second-order valence-electron chi connectivity index (χ2n) is 1.50. The van der Waals surface area contributed by atoms with Gasteiger partial charge in [0.2, 0.25) is 6.23 Å². The molecule has 0 fully saturated rings. The molecule has 3 nitrogen and oxygen atoms in total. The predicted octanol–water partition coefficient (Wildman–Crippen LogP) is 2.21. The molecule has 1 N–H and O–H groups in total. The van der Waals surface area contributed by atoms with E-state index in [1.807, 2.05) is 6.08 Å².